The van der Waals surface area contributed by atoms with Gasteiger partial charge in [-0.2, -0.15) is 0 Å². The number of thioether (sulfide) groups is 1. The molecule has 2 atom stereocenters. The molecule has 0 N–H and O–H groups in total. The SMILES string of the molecule is CSc1nc(Cl)c2c(n1)CC1(CC2)COC(C)c2ccc(Cl)cc21. The predicted octanol–water partition coefficient (Wildman–Crippen LogP) is 5.02. The predicted molar refractivity (Wildman–Crippen MR) is 98.3 cm³/mol. The van der Waals surface area contributed by atoms with Crippen LogP contribution in [0.2, 0.25) is 10.2 Å². The van der Waals surface area contributed by atoms with Crippen LogP contribution in [0.15, 0.2) is 23.4 Å². The van der Waals surface area contributed by atoms with Crippen molar-refractivity contribution >= 4 is 35.0 Å². The van der Waals surface area contributed by atoms with Crippen molar-refractivity contribution in [2.24, 2.45) is 0 Å². The molecule has 0 saturated heterocycles. The van der Waals surface area contributed by atoms with Gasteiger partial charge in [0.15, 0.2) is 5.16 Å². The Morgan fingerprint density at radius 2 is 2.12 bits per heavy atom. The summed E-state index contributed by atoms with van der Waals surface area (Å²) in [6.45, 7) is 2.79. The lowest BCUT2D eigenvalue weighted by Crippen LogP contribution is -2.42. The van der Waals surface area contributed by atoms with Crippen molar-refractivity contribution in [3.05, 3.63) is 50.8 Å². The molecule has 0 bridgehead atoms. The van der Waals surface area contributed by atoms with E-state index in [0.29, 0.717) is 11.8 Å². The van der Waals surface area contributed by atoms with E-state index in [1.165, 1.54) is 22.9 Å². The van der Waals surface area contributed by atoms with Crippen LogP contribution in [0.5, 0.6) is 0 Å². The van der Waals surface area contributed by atoms with Gasteiger partial charge in [-0.05, 0) is 49.3 Å². The molecule has 126 valence electrons. The monoisotopic (exact) mass is 380 g/mol. The fraction of sp³-hybridized carbons (Fsp3) is 0.444. The van der Waals surface area contributed by atoms with Crippen LogP contribution >= 0.6 is 35.0 Å². The summed E-state index contributed by atoms with van der Waals surface area (Å²) in [5.74, 6) is 0. The van der Waals surface area contributed by atoms with Crippen LogP contribution in [0.3, 0.4) is 0 Å². The first-order valence-electron chi connectivity index (χ1n) is 8.03. The number of aromatic nitrogens is 2. The van der Waals surface area contributed by atoms with Crippen LogP contribution < -0.4 is 0 Å². The van der Waals surface area contributed by atoms with Gasteiger partial charge in [-0.15, -0.1) is 0 Å². The number of hydrogen-bond donors (Lipinski definition) is 0. The van der Waals surface area contributed by atoms with Gasteiger partial charge in [0, 0.05) is 22.4 Å². The molecule has 1 spiro atoms. The van der Waals surface area contributed by atoms with Gasteiger partial charge in [-0.1, -0.05) is 41.0 Å². The lowest BCUT2D eigenvalue weighted by atomic mass is 9.66. The summed E-state index contributed by atoms with van der Waals surface area (Å²) in [6, 6.07) is 6.15. The van der Waals surface area contributed by atoms with E-state index in [1.54, 1.807) is 0 Å². The first kappa shape index (κ1) is 16.6. The second-order valence-corrected chi connectivity index (χ2v) is 8.14. The van der Waals surface area contributed by atoms with Gasteiger partial charge < -0.3 is 4.74 Å². The number of nitrogens with zero attached hydrogens (tertiary/aromatic N) is 2. The fourth-order valence-electron chi connectivity index (χ4n) is 3.88. The molecule has 0 amide bonds. The van der Waals surface area contributed by atoms with Crippen LogP contribution in [0.1, 0.15) is 41.8 Å². The second kappa shape index (κ2) is 6.17. The summed E-state index contributed by atoms with van der Waals surface area (Å²) in [6.07, 6.45) is 4.73. The highest BCUT2D eigenvalue weighted by Crippen LogP contribution is 2.47. The molecule has 1 aromatic heterocycles. The molecule has 1 aliphatic carbocycles. The lowest BCUT2D eigenvalue weighted by Gasteiger charge is -2.44. The van der Waals surface area contributed by atoms with Crippen LogP contribution in [0.25, 0.3) is 0 Å². The summed E-state index contributed by atoms with van der Waals surface area (Å²) in [7, 11) is 0. The van der Waals surface area contributed by atoms with Gasteiger partial charge in [0.2, 0.25) is 0 Å². The Morgan fingerprint density at radius 3 is 2.92 bits per heavy atom. The van der Waals surface area contributed by atoms with E-state index in [-0.39, 0.29) is 11.5 Å². The summed E-state index contributed by atoms with van der Waals surface area (Å²) in [4.78, 5) is 9.11. The number of ether oxygens (including phenoxy) is 1. The van der Waals surface area contributed by atoms with Crippen LogP contribution in [0.4, 0.5) is 0 Å². The third-order valence-electron chi connectivity index (χ3n) is 5.20. The van der Waals surface area contributed by atoms with Crippen molar-refractivity contribution in [3.8, 4) is 0 Å². The molecule has 2 aliphatic rings. The van der Waals surface area contributed by atoms with Crippen molar-refractivity contribution in [2.75, 3.05) is 12.9 Å². The Hall–Kier alpha value is -0.810. The smallest absolute Gasteiger partial charge is 0.188 e. The van der Waals surface area contributed by atoms with E-state index in [4.69, 9.17) is 32.9 Å². The van der Waals surface area contributed by atoms with Crippen LogP contribution in [0, 0.1) is 0 Å². The molecule has 2 unspecified atom stereocenters. The van der Waals surface area contributed by atoms with E-state index in [9.17, 15) is 0 Å². The molecule has 0 saturated carbocycles. The van der Waals surface area contributed by atoms with Crippen molar-refractivity contribution < 1.29 is 4.74 Å². The van der Waals surface area contributed by atoms with Crippen molar-refractivity contribution in [2.45, 2.75) is 42.9 Å². The third-order valence-corrected chi connectivity index (χ3v) is 6.29. The number of hydrogen-bond acceptors (Lipinski definition) is 4. The highest BCUT2D eigenvalue weighted by molar-refractivity contribution is 7.98. The topological polar surface area (TPSA) is 35.0 Å². The van der Waals surface area contributed by atoms with Crippen molar-refractivity contribution in [1.29, 1.82) is 0 Å². The number of halogens is 2. The Kier molecular flexibility index (Phi) is 4.28. The minimum atomic E-state index is -0.0763. The highest BCUT2D eigenvalue weighted by atomic mass is 35.5. The minimum absolute atomic E-state index is 0.0763. The number of rotatable bonds is 1. The lowest BCUT2D eigenvalue weighted by molar-refractivity contribution is 0.00222. The Labute approximate surface area is 156 Å². The second-order valence-electron chi connectivity index (χ2n) is 6.57. The minimum Gasteiger partial charge on any atom is -0.373 e. The maximum absolute atomic E-state index is 6.39. The first-order valence-corrected chi connectivity index (χ1v) is 10.0. The average molecular weight is 381 g/mol. The summed E-state index contributed by atoms with van der Waals surface area (Å²) in [5, 5.41) is 2.10. The van der Waals surface area contributed by atoms with Gasteiger partial charge in [-0.3, -0.25) is 0 Å². The first-order chi connectivity index (χ1) is 11.5. The standard InChI is InChI=1S/C18H18Cl2N2OS/c1-10-12-4-3-11(19)7-14(12)18(9-23-10)6-5-13-15(8-18)21-17(24-2)22-16(13)20/h3-4,7,10H,5-6,8-9H2,1-2H3. The maximum Gasteiger partial charge on any atom is 0.188 e. The Bertz CT molecular complexity index is 814. The van der Waals surface area contributed by atoms with Gasteiger partial charge in [-0.25, -0.2) is 9.97 Å². The molecule has 4 rings (SSSR count). The summed E-state index contributed by atoms with van der Waals surface area (Å²) in [5.41, 5.74) is 4.60. The molecule has 0 radical (unpaired) electrons. The zero-order chi connectivity index (χ0) is 16.9. The van der Waals surface area contributed by atoms with Gasteiger partial charge in [0.05, 0.1) is 18.4 Å². The zero-order valence-corrected chi connectivity index (χ0v) is 15.9. The summed E-state index contributed by atoms with van der Waals surface area (Å²) < 4.78 is 6.11. The van der Waals surface area contributed by atoms with E-state index in [2.05, 4.69) is 24.0 Å². The number of fused-ring (bicyclic) bond motifs is 3. The van der Waals surface area contributed by atoms with E-state index >= 15 is 0 Å². The molecule has 24 heavy (non-hydrogen) atoms. The van der Waals surface area contributed by atoms with Gasteiger partial charge in [0.25, 0.3) is 0 Å². The Balaban J connectivity index is 1.83. The maximum atomic E-state index is 6.39. The summed E-state index contributed by atoms with van der Waals surface area (Å²) >= 11 is 14.2. The molecule has 6 heteroatoms. The van der Waals surface area contributed by atoms with Crippen molar-refractivity contribution in [1.82, 2.24) is 9.97 Å². The van der Waals surface area contributed by atoms with E-state index in [0.717, 1.165) is 40.7 Å². The molecular weight excluding hydrogens is 363 g/mol. The normalized spacial score (nSPS) is 25.4. The number of benzene rings is 1. The largest absolute Gasteiger partial charge is 0.373 e. The molecule has 3 nitrogen and oxygen atoms in total. The van der Waals surface area contributed by atoms with E-state index < -0.39 is 0 Å². The highest BCUT2D eigenvalue weighted by Gasteiger charge is 2.43. The molecule has 1 aromatic carbocycles. The van der Waals surface area contributed by atoms with E-state index in [1.807, 2.05) is 12.3 Å². The molecular formula is C18H18Cl2N2OS. The molecule has 0 fully saturated rings. The zero-order valence-electron chi connectivity index (χ0n) is 13.6. The fourth-order valence-corrected chi connectivity index (χ4v) is 4.77. The van der Waals surface area contributed by atoms with Gasteiger partial charge >= 0.3 is 0 Å². The van der Waals surface area contributed by atoms with Crippen LogP contribution in [-0.4, -0.2) is 22.8 Å². The molecule has 2 heterocycles. The third kappa shape index (κ3) is 2.64. The van der Waals surface area contributed by atoms with Crippen molar-refractivity contribution in [3.63, 3.8) is 0 Å². The van der Waals surface area contributed by atoms with Gasteiger partial charge in [0.1, 0.15) is 5.15 Å². The molecule has 2 aromatic rings. The quantitative estimate of drug-likeness (QED) is 0.395. The van der Waals surface area contributed by atoms with Crippen LogP contribution in [-0.2, 0) is 23.0 Å². The Morgan fingerprint density at radius 1 is 1.29 bits per heavy atom. The average Bonchev–Trinajstić information content (AvgIpc) is 2.58. The molecule has 1 aliphatic heterocycles.